The fourth-order valence-electron chi connectivity index (χ4n) is 4.88. The van der Waals surface area contributed by atoms with Crippen molar-refractivity contribution in [3.05, 3.63) is 83.6 Å². The zero-order valence-corrected chi connectivity index (χ0v) is 19.0. The molecule has 2 heterocycles. The SMILES string of the molecule is CCOc1cc2c(cc1OC)CCN(C=O)[C@H]2Cc1c[nH]c2ccc(-c3ccccc3)cc12. The number of hydrogen-bond acceptors (Lipinski definition) is 3. The lowest BCUT2D eigenvalue weighted by molar-refractivity contribution is -0.120. The molecule has 3 aromatic carbocycles. The van der Waals surface area contributed by atoms with Crippen LogP contribution in [0.15, 0.2) is 66.9 Å². The highest BCUT2D eigenvalue weighted by atomic mass is 16.5. The van der Waals surface area contributed by atoms with E-state index in [9.17, 15) is 4.79 Å². The number of amides is 1. The van der Waals surface area contributed by atoms with Gasteiger partial charge < -0.3 is 19.4 Å². The number of aromatic nitrogens is 1. The minimum Gasteiger partial charge on any atom is -0.493 e. The maximum atomic E-state index is 12.0. The van der Waals surface area contributed by atoms with Crippen LogP contribution in [0.1, 0.15) is 29.7 Å². The summed E-state index contributed by atoms with van der Waals surface area (Å²) in [6.07, 6.45) is 4.58. The Labute approximate surface area is 193 Å². The molecule has 0 aliphatic carbocycles. The van der Waals surface area contributed by atoms with E-state index in [0.29, 0.717) is 13.2 Å². The number of carbonyl (C=O) groups is 1. The Morgan fingerprint density at radius 3 is 2.67 bits per heavy atom. The van der Waals surface area contributed by atoms with Crippen LogP contribution in [0.5, 0.6) is 11.5 Å². The van der Waals surface area contributed by atoms with Crippen molar-refractivity contribution in [3.8, 4) is 22.6 Å². The molecule has 33 heavy (non-hydrogen) atoms. The first-order chi connectivity index (χ1) is 16.2. The van der Waals surface area contributed by atoms with E-state index in [0.717, 1.165) is 41.8 Å². The van der Waals surface area contributed by atoms with Crippen LogP contribution in [0.3, 0.4) is 0 Å². The monoisotopic (exact) mass is 440 g/mol. The molecule has 0 spiro atoms. The molecule has 5 rings (SSSR count). The molecule has 0 fully saturated rings. The number of H-pyrrole nitrogens is 1. The standard InChI is InChI=1S/C28H28N2O3/c1-3-33-28-16-24-21(15-27(28)32-2)11-12-30(18-31)26(24)14-22-17-29-25-10-9-20(13-23(22)25)19-7-5-4-6-8-19/h4-10,13,15-18,26,29H,3,11-12,14H2,1-2H3/t26-/m0/s1. The summed E-state index contributed by atoms with van der Waals surface area (Å²) >= 11 is 0. The molecular formula is C28H28N2O3. The Hall–Kier alpha value is -3.73. The molecule has 1 N–H and O–H groups in total. The second-order valence-corrected chi connectivity index (χ2v) is 8.39. The molecule has 0 bridgehead atoms. The third-order valence-corrected chi connectivity index (χ3v) is 6.55. The van der Waals surface area contributed by atoms with Crippen LogP contribution in [0.25, 0.3) is 22.0 Å². The van der Waals surface area contributed by atoms with Gasteiger partial charge in [-0.3, -0.25) is 4.79 Å². The maximum Gasteiger partial charge on any atom is 0.210 e. The van der Waals surface area contributed by atoms with Crippen LogP contribution in [-0.2, 0) is 17.6 Å². The van der Waals surface area contributed by atoms with Crippen molar-refractivity contribution >= 4 is 17.3 Å². The number of ether oxygens (including phenoxy) is 2. The predicted octanol–water partition coefficient (Wildman–Crippen LogP) is 5.54. The molecule has 168 valence electrons. The number of carbonyl (C=O) groups excluding carboxylic acids is 1. The van der Waals surface area contributed by atoms with E-state index >= 15 is 0 Å². The number of aromatic amines is 1. The fourth-order valence-corrected chi connectivity index (χ4v) is 4.88. The van der Waals surface area contributed by atoms with Crippen molar-refractivity contribution in [2.45, 2.75) is 25.8 Å². The Kier molecular flexibility index (Phi) is 5.78. The van der Waals surface area contributed by atoms with Gasteiger partial charge in [-0.1, -0.05) is 36.4 Å². The topological polar surface area (TPSA) is 54.6 Å². The number of hydrogen-bond donors (Lipinski definition) is 1. The zero-order valence-electron chi connectivity index (χ0n) is 19.0. The number of fused-ring (bicyclic) bond motifs is 2. The first-order valence-corrected chi connectivity index (χ1v) is 11.4. The highest BCUT2D eigenvalue weighted by Gasteiger charge is 2.29. The molecule has 4 aromatic rings. The molecule has 0 radical (unpaired) electrons. The molecule has 1 atom stereocenters. The molecule has 0 saturated heterocycles. The van der Waals surface area contributed by atoms with Crippen LogP contribution in [0.4, 0.5) is 0 Å². The van der Waals surface area contributed by atoms with Gasteiger partial charge in [-0.15, -0.1) is 0 Å². The van der Waals surface area contributed by atoms with Crippen LogP contribution in [0.2, 0.25) is 0 Å². The van der Waals surface area contributed by atoms with Crippen LogP contribution in [0, 0.1) is 0 Å². The largest absolute Gasteiger partial charge is 0.493 e. The summed E-state index contributed by atoms with van der Waals surface area (Å²) in [4.78, 5) is 17.3. The van der Waals surface area contributed by atoms with E-state index < -0.39 is 0 Å². The first-order valence-electron chi connectivity index (χ1n) is 11.4. The first kappa shape index (κ1) is 21.1. The normalized spacial score (nSPS) is 15.3. The van der Waals surface area contributed by atoms with E-state index in [1.807, 2.05) is 17.9 Å². The van der Waals surface area contributed by atoms with Gasteiger partial charge in [0.15, 0.2) is 11.5 Å². The number of rotatable bonds is 7. The van der Waals surface area contributed by atoms with Crippen molar-refractivity contribution in [3.63, 3.8) is 0 Å². The van der Waals surface area contributed by atoms with Gasteiger partial charge in [0.1, 0.15) is 0 Å². The molecule has 0 saturated carbocycles. The summed E-state index contributed by atoms with van der Waals surface area (Å²) in [6.45, 7) is 3.21. The van der Waals surface area contributed by atoms with E-state index in [2.05, 4.69) is 65.8 Å². The Morgan fingerprint density at radius 1 is 1.06 bits per heavy atom. The number of nitrogens with zero attached hydrogens (tertiary/aromatic N) is 1. The van der Waals surface area contributed by atoms with Crippen molar-refractivity contribution in [1.29, 1.82) is 0 Å². The Bertz CT molecular complexity index is 1280. The molecule has 5 nitrogen and oxygen atoms in total. The summed E-state index contributed by atoms with van der Waals surface area (Å²) in [7, 11) is 1.67. The molecule has 0 unspecified atom stereocenters. The smallest absolute Gasteiger partial charge is 0.210 e. The zero-order chi connectivity index (χ0) is 22.8. The van der Waals surface area contributed by atoms with Crippen molar-refractivity contribution < 1.29 is 14.3 Å². The van der Waals surface area contributed by atoms with E-state index in [1.165, 1.54) is 27.6 Å². The minimum atomic E-state index is -0.0595. The van der Waals surface area contributed by atoms with Crippen LogP contribution >= 0.6 is 0 Å². The third kappa shape index (κ3) is 3.95. The average molecular weight is 441 g/mol. The molecular weight excluding hydrogens is 412 g/mol. The third-order valence-electron chi connectivity index (χ3n) is 6.55. The van der Waals surface area contributed by atoms with Gasteiger partial charge in [-0.2, -0.15) is 0 Å². The summed E-state index contributed by atoms with van der Waals surface area (Å²) in [6, 6.07) is 21.0. The average Bonchev–Trinajstić information content (AvgIpc) is 3.26. The molecule has 1 aliphatic rings. The van der Waals surface area contributed by atoms with Crippen molar-refractivity contribution in [2.24, 2.45) is 0 Å². The lowest BCUT2D eigenvalue weighted by Gasteiger charge is -2.35. The fraction of sp³-hybridized carbons (Fsp3) is 0.250. The van der Waals surface area contributed by atoms with Gasteiger partial charge >= 0.3 is 0 Å². The van der Waals surface area contributed by atoms with Crippen molar-refractivity contribution in [2.75, 3.05) is 20.3 Å². The summed E-state index contributed by atoms with van der Waals surface area (Å²) in [5, 5.41) is 1.19. The molecule has 1 aromatic heterocycles. The maximum absolute atomic E-state index is 12.0. The lowest BCUT2D eigenvalue weighted by Crippen LogP contribution is -2.35. The van der Waals surface area contributed by atoms with Gasteiger partial charge in [-0.05, 0) is 71.8 Å². The summed E-state index contributed by atoms with van der Waals surface area (Å²) < 4.78 is 11.4. The van der Waals surface area contributed by atoms with Crippen LogP contribution in [-0.4, -0.2) is 36.6 Å². The Morgan fingerprint density at radius 2 is 1.91 bits per heavy atom. The van der Waals surface area contributed by atoms with E-state index in [-0.39, 0.29) is 6.04 Å². The number of nitrogens with one attached hydrogen (secondary N) is 1. The quantitative estimate of drug-likeness (QED) is 0.384. The van der Waals surface area contributed by atoms with E-state index in [4.69, 9.17) is 9.47 Å². The number of methoxy groups -OCH3 is 1. The predicted molar refractivity (Wildman–Crippen MR) is 131 cm³/mol. The van der Waals surface area contributed by atoms with Crippen molar-refractivity contribution in [1.82, 2.24) is 9.88 Å². The molecule has 1 aliphatic heterocycles. The van der Waals surface area contributed by atoms with Gasteiger partial charge in [0.25, 0.3) is 0 Å². The lowest BCUT2D eigenvalue weighted by atomic mass is 9.88. The van der Waals surface area contributed by atoms with E-state index in [1.54, 1.807) is 7.11 Å². The van der Waals surface area contributed by atoms with Gasteiger partial charge in [0, 0.05) is 23.6 Å². The van der Waals surface area contributed by atoms with Gasteiger partial charge in [0.2, 0.25) is 6.41 Å². The Balaban J connectivity index is 1.56. The summed E-state index contributed by atoms with van der Waals surface area (Å²) in [5.41, 5.74) is 7.01. The van der Waals surface area contributed by atoms with Gasteiger partial charge in [-0.25, -0.2) is 0 Å². The summed E-state index contributed by atoms with van der Waals surface area (Å²) in [5.74, 6) is 1.47. The second kappa shape index (κ2) is 9.02. The second-order valence-electron chi connectivity index (χ2n) is 8.39. The highest BCUT2D eigenvalue weighted by molar-refractivity contribution is 5.88. The number of benzene rings is 3. The van der Waals surface area contributed by atoms with Crippen LogP contribution < -0.4 is 9.47 Å². The highest BCUT2D eigenvalue weighted by Crippen LogP contribution is 2.40. The molecule has 5 heteroatoms. The molecule has 1 amide bonds. The minimum absolute atomic E-state index is 0.0595. The van der Waals surface area contributed by atoms with Gasteiger partial charge in [0.05, 0.1) is 19.8 Å².